The minimum Gasteiger partial charge on any atom is -0.507 e. The zero-order valence-electron chi connectivity index (χ0n) is 8.79. The monoisotopic (exact) mass is 266 g/mol. The summed E-state index contributed by atoms with van der Waals surface area (Å²) < 4.78 is 0. The SMILES string of the molecule is O=C(O)c1ccc(CSc2ccccc2O)s1. The molecule has 0 aliphatic rings. The molecule has 1 aromatic heterocycles. The van der Waals surface area contributed by atoms with Crippen molar-refractivity contribution in [3.8, 4) is 5.75 Å². The summed E-state index contributed by atoms with van der Waals surface area (Å²) in [6.07, 6.45) is 0. The number of thiophene rings is 1. The molecule has 0 unspecified atom stereocenters. The number of carboxylic acids is 1. The Labute approximate surface area is 107 Å². The first-order valence-corrected chi connectivity index (χ1v) is 6.70. The van der Waals surface area contributed by atoms with Crippen LogP contribution in [0, 0.1) is 0 Å². The average Bonchev–Trinajstić information content (AvgIpc) is 2.77. The highest BCUT2D eigenvalue weighted by Gasteiger charge is 2.08. The maximum Gasteiger partial charge on any atom is 0.345 e. The number of thioether (sulfide) groups is 1. The van der Waals surface area contributed by atoms with Gasteiger partial charge in [-0.2, -0.15) is 0 Å². The Hall–Kier alpha value is -1.46. The van der Waals surface area contributed by atoms with Crippen LogP contribution in [0.2, 0.25) is 0 Å². The summed E-state index contributed by atoms with van der Waals surface area (Å²) in [7, 11) is 0. The lowest BCUT2D eigenvalue weighted by atomic mass is 10.3. The lowest BCUT2D eigenvalue weighted by Gasteiger charge is -2.01. The highest BCUT2D eigenvalue weighted by molar-refractivity contribution is 7.98. The van der Waals surface area contributed by atoms with E-state index in [1.807, 2.05) is 12.1 Å². The van der Waals surface area contributed by atoms with Gasteiger partial charge in [0, 0.05) is 15.5 Å². The van der Waals surface area contributed by atoms with E-state index in [4.69, 9.17) is 5.11 Å². The molecule has 2 rings (SSSR count). The molecule has 0 radical (unpaired) electrons. The minimum atomic E-state index is -0.895. The summed E-state index contributed by atoms with van der Waals surface area (Å²) in [6, 6.07) is 10.5. The molecular weight excluding hydrogens is 256 g/mol. The van der Waals surface area contributed by atoms with E-state index in [0.29, 0.717) is 10.6 Å². The van der Waals surface area contributed by atoms with Crippen LogP contribution in [-0.2, 0) is 5.75 Å². The second kappa shape index (κ2) is 5.25. The third-order valence-corrected chi connectivity index (χ3v) is 4.48. The molecule has 1 heterocycles. The molecule has 0 aliphatic carbocycles. The van der Waals surface area contributed by atoms with Crippen LogP contribution in [0.1, 0.15) is 14.5 Å². The number of para-hydroxylation sites is 1. The van der Waals surface area contributed by atoms with Crippen molar-refractivity contribution in [1.29, 1.82) is 0 Å². The lowest BCUT2D eigenvalue weighted by molar-refractivity contribution is 0.0702. The summed E-state index contributed by atoms with van der Waals surface area (Å²) in [4.78, 5) is 12.8. The van der Waals surface area contributed by atoms with Crippen molar-refractivity contribution in [2.45, 2.75) is 10.6 Å². The quantitative estimate of drug-likeness (QED) is 0.832. The Morgan fingerprint density at radius 1 is 1.24 bits per heavy atom. The first kappa shape index (κ1) is 12.0. The molecule has 2 aromatic rings. The maximum absolute atomic E-state index is 10.7. The Bertz CT molecular complexity index is 534. The van der Waals surface area contributed by atoms with Crippen LogP contribution in [0.25, 0.3) is 0 Å². The number of carboxylic acid groups (broad SMARTS) is 1. The number of aromatic hydroxyl groups is 1. The summed E-state index contributed by atoms with van der Waals surface area (Å²) in [6.45, 7) is 0. The van der Waals surface area contributed by atoms with Gasteiger partial charge in [0.1, 0.15) is 10.6 Å². The topological polar surface area (TPSA) is 57.5 Å². The van der Waals surface area contributed by atoms with E-state index in [9.17, 15) is 9.90 Å². The van der Waals surface area contributed by atoms with E-state index in [1.54, 1.807) is 24.3 Å². The molecular formula is C12H10O3S2. The molecule has 0 spiro atoms. The molecule has 5 heteroatoms. The zero-order valence-corrected chi connectivity index (χ0v) is 10.4. The fourth-order valence-electron chi connectivity index (χ4n) is 1.30. The predicted molar refractivity (Wildman–Crippen MR) is 68.9 cm³/mol. The van der Waals surface area contributed by atoms with Gasteiger partial charge in [-0.15, -0.1) is 23.1 Å². The summed E-state index contributed by atoms with van der Waals surface area (Å²) in [5.74, 6) is 0.0246. The third kappa shape index (κ3) is 3.01. The fourth-order valence-corrected chi connectivity index (χ4v) is 3.14. The lowest BCUT2D eigenvalue weighted by Crippen LogP contribution is -1.89. The molecule has 0 atom stereocenters. The average molecular weight is 266 g/mol. The van der Waals surface area contributed by atoms with Crippen molar-refractivity contribution in [2.75, 3.05) is 0 Å². The smallest absolute Gasteiger partial charge is 0.345 e. The van der Waals surface area contributed by atoms with Crippen molar-refractivity contribution in [3.63, 3.8) is 0 Å². The van der Waals surface area contributed by atoms with Crippen LogP contribution in [-0.4, -0.2) is 16.2 Å². The van der Waals surface area contributed by atoms with Gasteiger partial charge >= 0.3 is 5.97 Å². The number of benzene rings is 1. The summed E-state index contributed by atoms with van der Waals surface area (Å²) >= 11 is 2.76. The molecule has 2 N–H and O–H groups in total. The van der Waals surface area contributed by atoms with Gasteiger partial charge in [0.15, 0.2) is 0 Å². The van der Waals surface area contributed by atoms with Crippen molar-refractivity contribution in [3.05, 3.63) is 46.2 Å². The van der Waals surface area contributed by atoms with Gasteiger partial charge in [-0.25, -0.2) is 4.79 Å². The van der Waals surface area contributed by atoms with Crippen LogP contribution in [0.15, 0.2) is 41.3 Å². The molecule has 0 bridgehead atoms. The first-order chi connectivity index (χ1) is 8.16. The summed E-state index contributed by atoms with van der Waals surface area (Å²) in [5.41, 5.74) is 0. The molecule has 0 saturated heterocycles. The Balaban J connectivity index is 2.02. The number of hydrogen-bond donors (Lipinski definition) is 2. The molecule has 0 fully saturated rings. The summed E-state index contributed by atoms with van der Waals surface area (Å²) in [5, 5.41) is 18.4. The standard InChI is InChI=1S/C12H10O3S2/c13-9-3-1-2-4-10(9)16-7-8-5-6-11(17-8)12(14)15/h1-6,13H,7H2,(H,14,15). The third-order valence-electron chi connectivity index (χ3n) is 2.11. The van der Waals surface area contributed by atoms with Crippen LogP contribution < -0.4 is 0 Å². The normalized spacial score (nSPS) is 10.4. The predicted octanol–water partition coefficient (Wildman–Crippen LogP) is 3.44. The molecule has 1 aromatic carbocycles. The molecule has 17 heavy (non-hydrogen) atoms. The van der Waals surface area contributed by atoms with Gasteiger partial charge in [-0.05, 0) is 24.3 Å². The largest absolute Gasteiger partial charge is 0.507 e. The van der Waals surface area contributed by atoms with Gasteiger partial charge in [0.05, 0.1) is 0 Å². The van der Waals surface area contributed by atoms with Crippen LogP contribution >= 0.6 is 23.1 Å². The fraction of sp³-hybridized carbons (Fsp3) is 0.0833. The van der Waals surface area contributed by atoms with Gasteiger partial charge in [0.2, 0.25) is 0 Å². The molecule has 0 aliphatic heterocycles. The number of phenolic OH excluding ortho intramolecular Hbond substituents is 1. The highest BCUT2D eigenvalue weighted by Crippen LogP contribution is 2.32. The van der Waals surface area contributed by atoms with Crippen molar-refractivity contribution in [2.24, 2.45) is 0 Å². The Kier molecular flexibility index (Phi) is 3.71. The van der Waals surface area contributed by atoms with Gasteiger partial charge in [-0.3, -0.25) is 0 Å². The Morgan fingerprint density at radius 2 is 2.00 bits per heavy atom. The maximum atomic E-state index is 10.7. The Morgan fingerprint density at radius 3 is 2.65 bits per heavy atom. The van der Waals surface area contributed by atoms with Crippen LogP contribution in [0.5, 0.6) is 5.75 Å². The van der Waals surface area contributed by atoms with E-state index in [2.05, 4.69) is 0 Å². The van der Waals surface area contributed by atoms with E-state index in [1.165, 1.54) is 23.1 Å². The molecule has 88 valence electrons. The molecule has 3 nitrogen and oxygen atoms in total. The number of aromatic carboxylic acids is 1. The van der Waals surface area contributed by atoms with Crippen molar-refractivity contribution < 1.29 is 15.0 Å². The van der Waals surface area contributed by atoms with E-state index in [-0.39, 0.29) is 5.75 Å². The van der Waals surface area contributed by atoms with Crippen LogP contribution in [0.4, 0.5) is 0 Å². The van der Waals surface area contributed by atoms with Crippen molar-refractivity contribution >= 4 is 29.1 Å². The van der Waals surface area contributed by atoms with Crippen molar-refractivity contribution in [1.82, 2.24) is 0 Å². The second-order valence-electron chi connectivity index (χ2n) is 3.33. The van der Waals surface area contributed by atoms with Crippen LogP contribution in [0.3, 0.4) is 0 Å². The first-order valence-electron chi connectivity index (χ1n) is 4.89. The zero-order chi connectivity index (χ0) is 12.3. The highest BCUT2D eigenvalue weighted by atomic mass is 32.2. The van der Waals surface area contributed by atoms with Gasteiger partial charge in [0.25, 0.3) is 0 Å². The number of rotatable bonds is 4. The number of phenols is 1. The molecule has 0 amide bonds. The van der Waals surface area contributed by atoms with Gasteiger partial charge < -0.3 is 10.2 Å². The minimum absolute atomic E-state index is 0.257. The number of hydrogen-bond acceptors (Lipinski definition) is 4. The van der Waals surface area contributed by atoms with E-state index in [0.717, 1.165) is 9.77 Å². The van der Waals surface area contributed by atoms with Gasteiger partial charge in [-0.1, -0.05) is 12.1 Å². The van der Waals surface area contributed by atoms with E-state index >= 15 is 0 Å². The second-order valence-corrected chi connectivity index (χ2v) is 5.51. The number of carbonyl (C=O) groups is 1. The van der Waals surface area contributed by atoms with E-state index < -0.39 is 5.97 Å². The molecule has 0 saturated carbocycles.